The third-order valence-corrected chi connectivity index (χ3v) is 4.83. The quantitative estimate of drug-likeness (QED) is 0.801. The lowest BCUT2D eigenvalue weighted by molar-refractivity contribution is -0.919. The summed E-state index contributed by atoms with van der Waals surface area (Å²) in [6.07, 6.45) is 3.84. The number of rotatable bonds is 3. The Hall–Kier alpha value is -2.46. The van der Waals surface area contributed by atoms with E-state index in [1.807, 2.05) is 54.6 Å². The van der Waals surface area contributed by atoms with Crippen molar-refractivity contribution in [1.82, 2.24) is 9.55 Å². The number of hydrogen-bond acceptors (Lipinski definition) is 2. The average molecular weight is 320 g/mol. The predicted molar refractivity (Wildman–Crippen MR) is 95.6 cm³/mol. The van der Waals surface area contributed by atoms with Crippen LogP contribution in [-0.4, -0.2) is 22.6 Å². The third-order valence-electron chi connectivity index (χ3n) is 4.83. The van der Waals surface area contributed by atoms with Crippen molar-refractivity contribution in [2.24, 2.45) is 0 Å². The van der Waals surface area contributed by atoms with E-state index in [1.54, 1.807) is 4.57 Å². The zero-order chi connectivity index (χ0) is 16.4. The number of quaternary nitrogens is 1. The fourth-order valence-corrected chi connectivity index (χ4v) is 3.59. The number of piperidine rings is 1. The van der Waals surface area contributed by atoms with Crippen LogP contribution < -0.4 is 10.5 Å². The largest absolute Gasteiger partial charge is 0.329 e. The molecular formula is C20H22N3O+. The zero-order valence-electron chi connectivity index (χ0n) is 13.7. The molecule has 1 aliphatic rings. The van der Waals surface area contributed by atoms with E-state index in [9.17, 15) is 4.79 Å². The van der Waals surface area contributed by atoms with Gasteiger partial charge < -0.3 is 4.90 Å². The van der Waals surface area contributed by atoms with E-state index in [4.69, 9.17) is 4.98 Å². The molecule has 0 bridgehead atoms. The van der Waals surface area contributed by atoms with Crippen molar-refractivity contribution >= 4 is 10.9 Å². The van der Waals surface area contributed by atoms with Crippen LogP contribution in [0.2, 0.25) is 0 Å². The van der Waals surface area contributed by atoms with Crippen molar-refractivity contribution in [2.75, 3.05) is 13.1 Å². The van der Waals surface area contributed by atoms with Crippen molar-refractivity contribution in [3.8, 4) is 5.69 Å². The highest BCUT2D eigenvalue weighted by molar-refractivity contribution is 5.77. The summed E-state index contributed by atoms with van der Waals surface area (Å²) in [6.45, 7) is 3.13. The summed E-state index contributed by atoms with van der Waals surface area (Å²) in [5, 5.41) is 0.679. The van der Waals surface area contributed by atoms with Crippen LogP contribution >= 0.6 is 0 Å². The van der Waals surface area contributed by atoms with Gasteiger partial charge in [-0.15, -0.1) is 0 Å². The first kappa shape index (κ1) is 15.1. The fraction of sp³-hybridized carbons (Fsp3) is 0.300. The van der Waals surface area contributed by atoms with Crippen LogP contribution in [0.25, 0.3) is 16.6 Å². The minimum Gasteiger partial charge on any atom is -0.329 e. The van der Waals surface area contributed by atoms with Crippen LogP contribution in [0, 0.1) is 0 Å². The van der Waals surface area contributed by atoms with E-state index in [0.29, 0.717) is 5.39 Å². The van der Waals surface area contributed by atoms with E-state index >= 15 is 0 Å². The van der Waals surface area contributed by atoms with E-state index in [-0.39, 0.29) is 5.56 Å². The van der Waals surface area contributed by atoms with Gasteiger partial charge in [0.2, 0.25) is 0 Å². The number of aromatic nitrogens is 2. The molecule has 0 unspecified atom stereocenters. The van der Waals surface area contributed by atoms with Gasteiger partial charge in [-0.3, -0.25) is 9.36 Å². The molecule has 1 N–H and O–H groups in total. The molecule has 0 atom stereocenters. The molecule has 0 aliphatic carbocycles. The van der Waals surface area contributed by atoms with Gasteiger partial charge in [0.1, 0.15) is 6.54 Å². The lowest BCUT2D eigenvalue weighted by Crippen LogP contribution is -3.11. The molecule has 2 heterocycles. The Kier molecular flexibility index (Phi) is 4.13. The highest BCUT2D eigenvalue weighted by Crippen LogP contribution is 2.12. The predicted octanol–water partition coefficient (Wildman–Crippen LogP) is 1.95. The first-order valence-corrected chi connectivity index (χ1v) is 8.72. The number of benzene rings is 2. The second-order valence-corrected chi connectivity index (χ2v) is 6.51. The van der Waals surface area contributed by atoms with Gasteiger partial charge in [0.25, 0.3) is 5.56 Å². The number of fused-ring (bicyclic) bond motifs is 1. The van der Waals surface area contributed by atoms with Gasteiger partial charge in [0.05, 0.1) is 29.7 Å². The van der Waals surface area contributed by atoms with Crippen LogP contribution in [0.3, 0.4) is 0 Å². The summed E-state index contributed by atoms with van der Waals surface area (Å²) in [5.41, 5.74) is 1.71. The number of nitrogens with zero attached hydrogens (tertiary/aromatic N) is 2. The summed E-state index contributed by atoms with van der Waals surface area (Å²) in [6, 6.07) is 17.5. The maximum absolute atomic E-state index is 13.1. The van der Waals surface area contributed by atoms with Crippen LogP contribution in [0.4, 0.5) is 0 Å². The van der Waals surface area contributed by atoms with E-state index < -0.39 is 0 Å². The Morgan fingerprint density at radius 1 is 0.917 bits per heavy atom. The monoisotopic (exact) mass is 320 g/mol. The highest BCUT2D eigenvalue weighted by atomic mass is 16.1. The summed E-state index contributed by atoms with van der Waals surface area (Å²) in [7, 11) is 0. The number of hydrogen-bond donors (Lipinski definition) is 1. The molecular weight excluding hydrogens is 298 g/mol. The SMILES string of the molecule is O=c1c2ccccc2nc(C[NH+]2CCCCC2)n1-c1ccccc1. The van der Waals surface area contributed by atoms with Crippen molar-refractivity contribution in [3.63, 3.8) is 0 Å². The van der Waals surface area contributed by atoms with Crippen LogP contribution in [0.15, 0.2) is 59.4 Å². The van der Waals surface area contributed by atoms with Crippen LogP contribution in [0.1, 0.15) is 25.1 Å². The third kappa shape index (κ3) is 2.85. The molecule has 122 valence electrons. The second kappa shape index (κ2) is 6.57. The summed E-state index contributed by atoms with van der Waals surface area (Å²) >= 11 is 0. The smallest absolute Gasteiger partial charge is 0.266 e. The molecule has 0 saturated carbocycles. The van der Waals surface area contributed by atoms with Gasteiger partial charge in [-0.1, -0.05) is 30.3 Å². The van der Waals surface area contributed by atoms with Crippen molar-refractivity contribution in [1.29, 1.82) is 0 Å². The van der Waals surface area contributed by atoms with Gasteiger partial charge in [-0.2, -0.15) is 0 Å². The molecule has 4 nitrogen and oxygen atoms in total. The Labute approximate surface area is 141 Å². The van der Waals surface area contributed by atoms with Gasteiger partial charge in [-0.25, -0.2) is 4.98 Å². The molecule has 2 aromatic carbocycles. The Morgan fingerprint density at radius 3 is 2.42 bits per heavy atom. The lowest BCUT2D eigenvalue weighted by atomic mass is 10.1. The summed E-state index contributed by atoms with van der Waals surface area (Å²) in [5.74, 6) is 0.863. The van der Waals surface area contributed by atoms with Crippen LogP contribution in [-0.2, 0) is 6.54 Å². The molecule has 1 aliphatic heterocycles. The van der Waals surface area contributed by atoms with E-state index in [0.717, 1.165) is 36.7 Å². The summed E-state index contributed by atoms with van der Waals surface area (Å²) < 4.78 is 1.80. The van der Waals surface area contributed by atoms with E-state index in [1.165, 1.54) is 24.2 Å². The van der Waals surface area contributed by atoms with Gasteiger partial charge in [0, 0.05) is 0 Å². The molecule has 1 saturated heterocycles. The minimum atomic E-state index is 0.0261. The van der Waals surface area contributed by atoms with Crippen molar-refractivity contribution in [3.05, 3.63) is 70.8 Å². The van der Waals surface area contributed by atoms with Crippen molar-refractivity contribution in [2.45, 2.75) is 25.8 Å². The maximum Gasteiger partial charge on any atom is 0.266 e. The second-order valence-electron chi connectivity index (χ2n) is 6.51. The first-order chi connectivity index (χ1) is 11.8. The number of para-hydroxylation sites is 2. The Bertz CT molecular complexity index is 896. The van der Waals surface area contributed by atoms with Crippen molar-refractivity contribution < 1.29 is 4.90 Å². The molecule has 3 aromatic rings. The summed E-state index contributed by atoms with van der Waals surface area (Å²) in [4.78, 5) is 19.5. The molecule has 4 rings (SSSR count). The van der Waals surface area contributed by atoms with Crippen LogP contribution in [0.5, 0.6) is 0 Å². The molecule has 0 amide bonds. The average Bonchev–Trinajstić information content (AvgIpc) is 2.64. The molecule has 1 fully saturated rings. The molecule has 24 heavy (non-hydrogen) atoms. The topological polar surface area (TPSA) is 39.3 Å². The Balaban J connectivity index is 1.88. The molecule has 4 heteroatoms. The number of likely N-dealkylation sites (tertiary alicyclic amines) is 1. The standard InChI is InChI=1S/C20H21N3O/c24-20-17-11-5-6-12-18(17)21-19(15-22-13-7-2-8-14-22)23(20)16-9-3-1-4-10-16/h1,3-6,9-12H,2,7-8,13-15H2/p+1. The molecule has 0 radical (unpaired) electrons. The van der Waals surface area contributed by atoms with E-state index in [2.05, 4.69) is 0 Å². The lowest BCUT2D eigenvalue weighted by Gasteiger charge is -2.24. The zero-order valence-corrected chi connectivity index (χ0v) is 13.7. The molecule has 1 aromatic heterocycles. The van der Waals surface area contributed by atoms with Gasteiger partial charge in [0.15, 0.2) is 5.82 Å². The number of nitrogens with one attached hydrogen (secondary N) is 1. The van der Waals surface area contributed by atoms with Gasteiger partial charge >= 0.3 is 0 Å². The first-order valence-electron chi connectivity index (χ1n) is 8.72. The molecule has 0 spiro atoms. The normalized spacial score (nSPS) is 15.7. The maximum atomic E-state index is 13.1. The minimum absolute atomic E-state index is 0.0261. The van der Waals surface area contributed by atoms with Gasteiger partial charge in [-0.05, 0) is 43.5 Å². The Morgan fingerprint density at radius 2 is 1.62 bits per heavy atom. The highest BCUT2D eigenvalue weighted by Gasteiger charge is 2.19. The fourth-order valence-electron chi connectivity index (χ4n) is 3.59.